The number of hydrogen-bond acceptors (Lipinski definition) is 10. The van der Waals surface area contributed by atoms with Crippen LogP contribution >= 0.6 is 0 Å². The van der Waals surface area contributed by atoms with Crippen molar-refractivity contribution in [1.29, 1.82) is 0 Å². The van der Waals surface area contributed by atoms with Gasteiger partial charge in [-0.15, -0.1) is 0 Å². The van der Waals surface area contributed by atoms with Gasteiger partial charge in [0, 0.05) is 26.2 Å². The van der Waals surface area contributed by atoms with E-state index >= 15 is 0 Å². The Kier molecular flexibility index (Phi) is 11.1. The van der Waals surface area contributed by atoms with Gasteiger partial charge in [-0.25, -0.2) is 21.1 Å². The van der Waals surface area contributed by atoms with Gasteiger partial charge in [-0.2, -0.15) is 0 Å². The molecule has 1 N–H and O–H groups in total. The maximum absolute atomic E-state index is 13.9. The van der Waals surface area contributed by atoms with Crippen LogP contribution in [0.1, 0.15) is 0 Å². The predicted molar refractivity (Wildman–Crippen MR) is 159 cm³/mol. The summed E-state index contributed by atoms with van der Waals surface area (Å²) in [5.74, 6) is 0.839. The number of rotatable bonds is 15. The Labute approximate surface area is 252 Å². The predicted octanol–water partition coefficient (Wildman–Crippen LogP) is 2.36. The van der Waals surface area contributed by atoms with Gasteiger partial charge in [0.2, 0.25) is 15.9 Å². The largest absolute Gasteiger partial charge is 0.497 e. The Bertz CT molecular complexity index is 1630. The summed E-state index contributed by atoms with van der Waals surface area (Å²) in [5, 5.41) is 2.64. The first-order chi connectivity index (χ1) is 20.4. The highest BCUT2D eigenvalue weighted by Crippen LogP contribution is 2.37. The fourth-order valence-electron chi connectivity index (χ4n) is 3.86. The van der Waals surface area contributed by atoms with Gasteiger partial charge in [0.05, 0.1) is 50.5 Å². The fourth-order valence-corrected chi connectivity index (χ4v) is 6.20. The van der Waals surface area contributed by atoms with Crippen molar-refractivity contribution < 1.29 is 45.3 Å². The van der Waals surface area contributed by atoms with Gasteiger partial charge >= 0.3 is 0 Å². The lowest BCUT2D eigenvalue weighted by Crippen LogP contribution is -2.42. The standard InChI is InChI=1S/C28H35N3O10S2/c1-30(2)42(33,34)22-10-7-20(8-11-22)41-16-15-29-28(32)19-31(24-17-21(37-3)9-13-25(24)38-4)43(35,36)23-12-14-26(39-5)27(18-23)40-6/h7-14,17-18H,15-16,19H2,1-6H3,(H,29,32). The Morgan fingerprint density at radius 3 is 1.86 bits per heavy atom. The fraction of sp³-hybridized carbons (Fsp3) is 0.321. The van der Waals surface area contributed by atoms with Crippen molar-refractivity contribution in [3.8, 4) is 28.7 Å². The summed E-state index contributed by atoms with van der Waals surface area (Å²) < 4.78 is 81.2. The number of ether oxygens (including phenoxy) is 5. The number of anilines is 1. The van der Waals surface area contributed by atoms with Crippen LogP contribution in [-0.4, -0.2) is 89.3 Å². The molecule has 0 aliphatic rings. The number of hydrogen-bond donors (Lipinski definition) is 1. The van der Waals surface area contributed by atoms with E-state index in [1.165, 1.54) is 97.1 Å². The summed E-state index contributed by atoms with van der Waals surface area (Å²) in [5.41, 5.74) is 0.0794. The third-order valence-electron chi connectivity index (χ3n) is 6.18. The van der Waals surface area contributed by atoms with Crippen molar-refractivity contribution in [3.63, 3.8) is 0 Å². The van der Waals surface area contributed by atoms with Crippen LogP contribution in [0.15, 0.2) is 70.5 Å². The number of benzene rings is 3. The number of carbonyl (C=O) groups excluding carboxylic acids is 1. The van der Waals surface area contributed by atoms with E-state index in [2.05, 4.69) is 5.32 Å². The van der Waals surface area contributed by atoms with E-state index in [0.717, 1.165) is 8.61 Å². The lowest BCUT2D eigenvalue weighted by molar-refractivity contribution is -0.119. The Hall–Kier alpha value is -4.21. The third kappa shape index (κ3) is 7.80. The van der Waals surface area contributed by atoms with E-state index < -0.39 is 32.5 Å². The molecule has 0 heterocycles. The average molecular weight is 638 g/mol. The Balaban J connectivity index is 1.80. The molecule has 3 aromatic rings. The van der Waals surface area contributed by atoms with Crippen molar-refractivity contribution in [2.24, 2.45) is 0 Å². The molecule has 43 heavy (non-hydrogen) atoms. The maximum atomic E-state index is 13.9. The van der Waals surface area contributed by atoms with Crippen molar-refractivity contribution in [3.05, 3.63) is 60.7 Å². The first-order valence-corrected chi connectivity index (χ1v) is 15.7. The topological polar surface area (TPSA) is 150 Å². The van der Waals surface area contributed by atoms with Crippen LogP contribution in [0.3, 0.4) is 0 Å². The minimum Gasteiger partial charge on any atom is -0.497 e. The monoisotopic (exact) mass is 637 g/mol. The number of carbonyl (C=O) groups is 1. The van der Waals surface area contributed by atoms with Crippen LogP contribution in [0, 0.1) is 0 Å². The molecular formula is C28H35N3O10S2. The van der Waals surface area contributed by atoms with Gasteiger partial charge in [0.1, 0.15) is 30.4 Å². The van der Waals surface area contributed by atoms with Crippen LogP contribution in [0.2, 0.25) is 0 Å². The molecule has 0 saturated heterocycles. The molecule has 0 saturated carbocycles. The highest BCUT2D eigenvalue weighted by atomic mass is 32.2. The molecule has 0 bridgehead atoms. The number of nitrogens with zero attached hydrogens (tertiary/aromatic N) is 2. The van der Waals surface area contributed by atoms with Gasteiger partial charge in [0.15, 0.2) is 11.5 Å². The van der Waals surface area contributed by atoms with E-state index in [0.29, 0.717) is 17.2 Å². The summed E-state index contributed by atoms with van der Waals surface area (Å²) in [7, 11) is 0.578. The second kappa shape index (κ2) is 14.3. The SMILES string of the molecule is COc1ccc(OC)c(N(CC(=O)NCCOc2ccc(S(=O)(=O)N(C)C)cc2)S(=O)(=O)c2ccc(OC)c(OC)c2)c1. The summed E-state index contributed by atoms with van der Waals surface area (Å²) in [6, 6.07) is 14.5. The average Bonchev–Trinajstić information content (AvgIpc) is 3.01. The molecule has 15 heteroatoms. The van der Waals surface area contributed by atoms with Crippen LogP contribution in [-0.2, 0) is 24.8 Å². The normalized spacial score (nSPS) is 11.5. The molecule has 3 rings (SSSR count). The van der Waals surface area contributed by atoms with Gasteiger partial charge in [-0.3, -0.25) is 9.10 Å². The van der Waals surface area contributed by atoms with Crippen LogP contribution in [0.25, 0.3) is 0 Å². The molecule has 13 nitrogen and oxygen atoms in total. The van der Waals surface area contributed by atoms with Crippen molar-refractivity contribution in [2.75, 3.05) is 66.5 Å². The van der Waals surface area contributed by atoms with Gasteiger partial charge in [-0.05, 0) is 48.5 Å². The molecule has 0 aliphatic carbocycles. The Morgan fingerprint density at radius 1 is 0.698 bits per heavy atom. The molecule has 0 aliphatic heterocycles. The second-order valence-electron chi connectivity index (χ2n) is 9.02. The van der Waals surface area contributed by atoms with Crippen LogP contribution < -0.4 is 33.3 Å². The molecule has 1 amide bonds. The molecule has 0 fully saturated rings. The molecule has 0 radical (unpaired) electrons. The first-order valence-electron chi connectivity index (χ1n) is 12.8. The zero-order chi connectivity index (χ0) is 31.8. The minimum atomic E-state index is -4.34. The van der Waals surface area contributed by atoms with E-state index in [1.807, 2.05) is 0 Å². The lowest BCUT2D eigenvalue weighted by Gasteiger charge is -2.26. The zero-order valence-electron chi connectivity index (χ0n) is 24.7. The molecule has 0 spiro atoms. The highest BCUT2D eigenvalue weighted by molar-refractivity contribution is 7.93. The number of amides is 1. The molecular weight excluding hydrogens is 602 g/mol. The van der Waals surface area contributed by atoms with Crippen LogP contribution in [0.4, 0.5) is 5.69 Å². The van der Waals surface area contributed by atoms with Gasteiger partial charge in [0.25, 0.3) is 10.0 Å². The highest BCUT2D eigenvalue weighted by Gasteiger charge is 2.31. The summed E-state index contributed by atoms with van der Waals surface area (Å²) >= 11 is 0. The molecule has 0 unspecified atom stereocenters. The summed E-state index contributed by atoms with van der Waals surface area (Å²) in [4.78, 5) is 13.0. The summed E-state index contributed by atoms with van der Waals surface area (Å²) in [6.45, 7) is -0.524. The van der Waals surface area contributed by atoms with Crippen molar-refractivity contribution in [2.45, 2.75) is 9.79 Å². The molecule has 0 atom stereocenters. The number of nitrogens with one attached hydrogen (secondary N) is 1. The molecule has 3 aromatic carbocycles. The number of sulfonamides is 2. The maximum Gasteiger partial charge on any atom is 0.265 e. The zero-order valence-corrected chi connectivity index (χ0v) is 26.3. The third-order valence-corrected chi connectivity index (χ3v) is 9.77. The first kappa shape index (κ1) is 33.3. The van der Waals surface area contributed by atoms with Crippen molar-refractivity contribution >= 4 is 31.6 Å². The molecule has 234 valence electrons. The van der Waals surface area contributed by atoms with Gasteiger partial charge in [-0.1, -0.05) is 0 Å². The summed E-state index contributed by atoms with van der Waals surface area (Å²) in [6.07, 6.45) is 0. The van der Waals surface area contributed by atoms with Crippen molar-refractivity contribution in [1.82, 2.24) is 9.62 Å². The lowest BCUT2D eigenvalue weighted by atomic mass is 10.2. The quantitative estimate of drug-likeness (QED) is 0.246. The Morgan fingerprint density at radius 2 is 1.28 bits per heavy atom. The smallest absolute Gasteiger partial charge is 0.265 e. The van der Waals surface area contributed by atoms with E-state index in [4.69, 9.17) is 23.7 Å². The second-order valence-corrected chi connectivity index (χ2v) is 13.0. The van der Waals surface area contributed by atoms with E-state index in [1.54, 1.807) is 6.07 Å². The van der Waals surface area contributed by atoms with Gasteiger partial charge < -0.3 is 29.0 Å². The number of methoxy groups -OCH3 is 4. The minimum absolute atomic E-state index is 0.0378. The van der Waals surface area contributed by atoms with Crippen LogP contribution in [0.5, 0.6) is 28.7 Å². The molecule has 0 aromatic heterocycles. The van der Waals surface area contributed by atoms with E-state index in [9.17, 15) is 21.6 Å². The van der Waals surface area contributed by atoms with E-state index in [-0.39, 0.29) is 40.1 Å².